The Morgan fingerprint density at radius 1 is 1.37 bits per heavy atom. The molecule has 2 rings (SSSR count). The van der Waals surface area contributed by atoms with E-state index in [2.05, 4.69) is 29.4 Å². The van der Waals surface area contributed by atoms with Gasteiger partial charge in [0.2, 0.25) is 5.91 Å². The van der Waals surface area contributed by atoms with E-state index < -0.39 is 0 Å². The summed E-state index contributed by atoms with van der Waals surface area (Å²) in [6.07, 6.45) is 3.31. The molecule has 5 nitrogen and oxygen atoms in total. The summed E-state index contributed by atoms with van der Waals surface area (Å²) in [7, 11) is 0. The minimum Gasteiger partial charge on any atom is -0.346 e. The van der Waals surface area contributed by atoms with Crippen molar-refractivity contribution in [3.63, 3.8) is 0 Å². The van der Waals surface area contributed by atoms with E-state index >= 15 is 0 Å². The van der Waals surface area contributed by atoms with Gasteiger partial charge in [-0.05, 0) is 24.5 Å². The molecule has 0 aliphatic heterocycles. The molecule has 0 saturated carbocycles. The summed E-state index contributed by atoms with van der Waals surface area (Å²) in [6, 6.07) is 5.65. The fourth-order valence-electron chi connectivity index (χ4n) is 2.07. The smallest absolute Gasteiger partial charge is 0.220 e. The van der Waals surface area contributed by atoms with Gasteiger partial charge in [-0.15, -0.1) is 10.2 Å². The number of rotatable bonds is 5. The lowest BCUT2D eigenvalue weighted by Gasteiger charge is -2.20. The van der Waals surface area contributed by atoms with Gasteiger partial charge in [0.25, 0.3) is 0 Å². The van der Waals surface area contributed by atoms with Gasteiger partial charge in [-0.2, -0.15) is 0 Å². The van der Waals surface area contributed by atoms with Crippen LogP contribution in [0.4, 0.5) is 0 Å². The molecule has 0 aliphatic rings. The van der Waals surface area contributed by atoms with E-state index in [1.165, 1.54) is 0 Å². The molecule has 19 heavy (non-hydrogen) atoms. The van der Waals surface area contributed by atoms with Crippen molar-refractivity contribution in [3.05, 3.63) is 30.2 Å². The number of pyridine rings is 1. The predicted molar refractivity (Wildman–Crippen MR) is 73.6 cm³/mol. The highest BCUT2D eigenvalue weighted by Crippen LogP contribution is 2.20. The Morgan fingerprint density at radius 2 is 2.16 bits per heavy atom. The van der Waals surface area contributed by atoms with Crippen molar-refractivity contribution in [1.82, 2.24) is 19.9 Å². The number of nitrogens with one attached hydrogen (secondary N) is 1. The molecule has 0 radical (unpaired) electrons. The third-order valence-corrected chi connectivity index (χ3v) is 3.08. The summed E-state index contributed by atoms with van der Waals surface area (Å²) in [5, 5.41) is 11.4. The molecule has 2 heterocycles. The molecule has 0 aliphatic carbocycles. The van der Waals surface area contributed by atoms with Crippen LogP contribution in [0.5, 0.6) is 0 Å². The Bertz CT molecular complexity index is 561. The Kier molecular flexibility index (Phi) is 4.14. The molecular weight excluding hydrogens is 240 g/mol. The van der Waals surface area contributed by atoms with Crippen LogP contribution in [-0.2, 0) is 4.79 Å². The second kappa shape index (κ2) is 5.82. The van der Waals surface area contributed by atoms with Crippen LogP contribution < -0.4 is 5.32 Å². The second-order valence-electron chi connectivity index (χ2n) is 5.03. The number of fused-ring (bicyclic) bond motifs is 1. The van der Waals surface area contributed by atoms with Crippen molar-refractivity contribution < 1.29 is 4.79 Å². The number of amides is 1. The lowest BCUT2D eigenvalue weighted by molar-refractivity contribution is -0.122. The molecule has 0 aromatic carbocycles. The van der Waals surface area contributed by atoms with Gasteiger partial charge >= 0.3 is 0 Å². The Balaban J connectivity index is 2.31. The summed E-state index contributed by atoms with van der Waals surface area (Å²) in [5.74, 6) is 1.11. The predicted octanol–water partition coefficient (Wildman–Crippen LogP) is 2.34. The van der Waals surface area contributed by atoms with Gasteiger partial charge in [-0.25, -0.2) is 0 Å². The molecule has 1 unspecified atom stereocenters. The average molecular weight is 260 g/mol. The van der Waals surface area contributed by atoms with Gasteiger partial charge in [-0.3, -0.25) is 9.20 Å². The average Bonchev–Trinajstić information content (AvgIpc) is 2.79. The van der Waals surface area contributed by atoms with Crippen LogP contribution in [0.25, 0.3) is 5.65 Å². The van der Waals surface area contributed by atoms with Crippen LogP contribution in [0.3, 0.4) is 0 Å². The van der Waals surface area contributed by atoms with E-state index in [0.717, 1.165) is 17.9 Å². The largest absolute Gasteiger partial charge is 0.346 e. The first-order chi connectivity index (χ1) is 9.13. The topological polar surface area (TPSA) is 59.3 Å². The zero-order valence-electron chi connectivity index (χ0n) is 11.6. The van der Waals surface area contributed by atoms with Crippen molar-refractivity contribution >= 4 is 11.6 Å². The van der Waals surface area contributed by atoms with E-state index in [4.69, 9.17) is 0 Å². The number of carbonyl (C=O) groups is 1. The van der Waals surface area contributed by atoms with E-state index in [-0.39, 0.29) is 17.9 Å². The number of nitrogens with zero attached hydrogens (tertiary/aromatic N) is 3. The van der Waals surface area contributed by atoms with Crippen molar-refractivity contribution in [3.8, 4) is 0 Å². The maximum atomic E-state index is 11.8. The fourth-order valence-corrected chi connectivity index (χ4v) is 2.07. The Labute approximate surface area is 113 Å². The maximum Gasteiger partial charge on any atom is 0.220 e. The number of hydrogen-bond acceptors (Lipinski definition) is 3. The van der Waals surface area contributed by atoms with Gasteiger partial charge in [-0.1, -0.05) is 26.8 Å². The van der Waals surface area contributed by atoms with Crippen LogP contribution in [-0.4, -0.2) is 20.5 Å². The SMILES string of the molecule is CCCC(=O)NC(c1nnc2ccccn12)C(C)C. The van der Waals surface area contributed by atoms with Crippen LogP contribution >= 0.6 is 0 Å². The summed E-state index contributed by atoms with van der Waals surface area (Å²) in [4.78, 5) is 11.8. The molecule has 2 aromatic rings. The number of hydrogen-bond donors (Lipinski definition) is 1. The van der Waals surface area contributed by atoms with Crippen molar-refractivity contribution in [2.45, 2.75) is 39.7 Å². The standard InChI is InChI=1S/C14H20N4O/c1-4-7-12(19)15-13(10(2)3)14-17-16-11-8-5-6-9-18(11)14/h5-6,8-10,13H,4,7H2,1-3H3,(H,15,19). The minimum absolute atomic E-state index is 0.0638. The third kappa shape index (κ3) is 2.92. The lowest BCUT2D eigenvalue weighted by atomic mass is 10.0. The van der Waals surface area contributed by atoms with E-state index in [0.29, 0.717) is 6.42 Å². The third-order valence-electron chi connectivity index (χ3n) is 3.08. The maximum absolute atomic E-state index is 11.8. The number of carbonyl (C=O) groups excluding carboxylic acids is 1. The monoisotopic (exact) mass is 260 g/mol. The molecule has 0 bridgehead atoms. The molecule has 1 atom stereocenters. The van der Waals surface area contributed by atoms with Crippen molar-refractivity contribution in [2.24, 2.45) is 5.92 Å². The first-order valence-corrected chi connectivity index (χ1v) is 6.72. The summed E-state index contributed by atoms with van der Waals surface area (Å²) in [5.41, 5.74) is 0.799. The highest BCUT2D eigenvalue weighted by Gasteiger charge is 2.23. The van der Waals surface area contributed by atoms with Crippen LogP contribution in [0.2, 0.25) is 0 Å². The fraction of sp³-hybridized carbons (Fsp3) is 0.500. The van der Waals surface area contributed by atoms with Crippen LogP contribution in [0, 0.1) is 5.92 Å². The van der Waals surface area contributed by atoms with Crippen molar-refractivity contribution in [2.75, 3.05) is 0 Å². The zero-order valence-corrected chi connectivity index (χ0v) is 11.6. The van der Waals surface area contributed by atoms with Crippen LogP contribution in [0.15, 0.2) is 24.4 Å². The molecule has 102 valence electrons. The van der Waals surface area contributed by atoms with Gasteiger partial charge < -0.3 is 5.32 Å². The second-order valence-corrected chi connectivity index (χ2v) is 5.03. The summed E-state index contributed by atoms with van der Waals surface area (Å²) in [6.45, 7) is 6.14. The van der Waals surface area contributed by atoms with Gasteiger partial charge in [0.05, 0.1) is 6.04 Å². The van der Waals surface area contributed by atoms with Gasteiger partial charge in [0.1, 0.15) is 0 Å². The van der Waals surface area contributed by atoms with Crippen molar-refractivity contribution in [1.29, 1.82) is 0 Å². The zero-order chi connectivity index (χ0) is 13.8. The van der Waals surface area contributed by atoms with E-state index in [1.807, 2.05) is 35.7 Å². The molecule has 0 spiro atoms. The first kappa shape index (κ1) is 13.5. The number of aromatic nitrogens is 3. The molecule has 1 amide bonds. The lowest BCUT2D eigenvalue weighted by Crippen LogP contribution is -2.32. The Hall–Kier alpha value is -1.91. The molecular formula is C14H20N4O. The van der Waals surface area contributed by atoms with Gasteiger partial charge in [0.15, 0.2) is 11.5 Å². The Morgan fingerprint density at radius 3 is 2.84 bits per heavy atom. The molecule has 0 saturated heterocycles. The summed E-state index contributed by atoms with van der Waals surface area (Å²) >= 11 is 0. The summed E-state index contributed by atoms with van der Waals surface area (Å²) < 4.78 is 1.93. The van der Waals surface area contributed by atoms with Crippen LogP contribution in [0.1, 0.15) is 45.5 Å². The quantitative estimate of drug-likeness (QED) is 0.897. The molecule has 2 aromatic heterocycles. The minimum atomic E-state index is -0.114. The molecule has 5 heteroatoms. The molecule has 1 N–H and O–H groups in total. The first-order valence-electron chi connectivity index (χ1n) is 6.72. The normalized spacial score (nSPS) is 12.8. The highest BCUT2D eigenvalue weighted by molar-refractivity contribution is 5.76. The van der Waals surface area contributed by atoms with Gasteiger partial charge in [0, 0.05) is 12.6 Å². The highest BCUT2D eigenvalue weighted by atomic mass is 16.1. The van der Waals surface area contributed by atoms with E-state index in [9.17, 15) is 4.79 Å². The molecule has 0 fully saturated rings. The van der Waals surface area contributed by atoms with E-state index in [1.54, 1.807) is 0 Å².